The van der Waals surface area contributed by atoms with Crippen molar-refractivity contribution >= 4 is 5.69 Å². The highest BCUT2D eigenvalue weighted by molar-refractivity contribution is 5.63. The molecule has 0 saturated carbocycles. The van der Waals surface area contributed by atoms with Gasteiger partial charge in [0.15, 0.2) is 0 Å². The van der Waals surface area contributed by atoms with Gasteiger partial charge < -0.3 is 10.5 Å². The van der Waals surface area contributed by atoms with Crippen molar-refractivity contribution < 1.29 is 9.66 Å². The molecule has 128 valence electrons. The smallest absolute Gasteiger partial charge is 0.275 e. The van der Waals surface area contributed by atoms with Crippen molar-refractivity contribution in [3.8, 4) is 11.9 Å². The van der Waals surface area contributed by atoms with Crippen LogP contribution in [0, 0.1) is 49.1 Å². The summed E-state index contributed by atoms with van der Waals surface area (Å²) in [5.74, 6) is -0.304. The number of H-pyrrole nitrogens is 1. The highest BCUT2D eigenvalue weighted by atomic mass is 16.6. The highest BCUT2D eigenvalue weighted by Crippen LogP contribution is 2.46. The highest BCUT2D eigenvalue weighted by Gasteiger charge is 2.37. The predicted octanol–water partition coefficient (Wildman–Crippen LogP) is 2.77. The Morgan fingerprint density at radius 1 is 1.32 bits per heavy atom. The van der Waals surface area contributed by atoms with Gasteiger partial charge in [-0.25, -0.2) is 0 Å². The largest absolute Gasteiger partial charge is 0.420 e. The summed E-state index contributed by atoms with van der Waals surface area (Å²) in [6.45, 7) is 7.08. The van der Waals surface area contributed by atoms with Gasteiger partial charge in [0.2, 0.25) is 11.8 Å². The monoisotopic (exact) mass is 339 g/mol. The van der Waals surface area contributed by atoms with Crippen LogP contribution in [0.3, 0.4) is 0 Å². The number of fused-ring (bicyclic) bond motifs is 1. The molecular formula is C17H17N5O3. The van der Waals surface area contributed by atoms with Gasteiger partial charge in [-0.3, -0.25) is 15.2 Å². The van der Waals surface area contributed by atoms with Crippen LogP contribution in [0.4, 0.5) is 5.69 Å². The van der Waals surface area contributed by atoms with Gasteiger partial charge in [-0.1, -0.05) is 0 Å². The lowest BCUT2D eigenvalue weighted by Gasteiger charge is -2.26. The van der Waals surface area contributed by atoms with Crippen molar-refractivity contribution in [1.29, 1.82) is 5.26 Å². The number of allylic oxidation sites excluding steroid dienone is 1. The van der Waals surface area contributed by atoms with Crippen LogP contribution in [0.2, 0.25) is 0 Å². The minimum absolute atomic E-state index is 0.0338. The number of nitro benzene ring substituents is 1. The molecule has 1 aromatic carbocycles. The number of nitrogens with zero attached hydrogens (tertiary/aromatic N) is 3. The zero-order valence-corrected chi connectivity index (χ0v) is 14.3. The standard InChI is InChI=1S/C17H17N5O3/c1-7-5-8(2)15(22(23)24)9(3)12(7)14-11(6-18)16(19)25-17-13(14)10(4)20-21-17/h5,14H,19H2,1-4H3,(H,20,21)/t14-/m0/s1. The lowest BCUT2D eigenvalue weighted by atomic mass is 9.79. The number of benzene rings is 1. The summed E-state index contributed by atoms with van der Waals surface area (Å²) < 4.78 is 5.45. The van der Waals surface area contributed by atoms with E-state index in [4.69, 9.17) is 10.5 Å². The first-order valence-corrected chi connectivity index (χ1v) is 7.65. The third kappa shape index (κ3) is 2.32. The van der Waals surface area contributed by atoms with E-state index in [0.29, 0.717) is 28.1 Å². The third-order valence-corrected chi connectivity index (χ3v) is 4.59. The zero-order chi connectivity index (χ0) is 18.5. The summed E-state index contributed by atoms with van der Waals surface area (Å²) in [4.78, 5) is 11.1. The van der Waals surface area contributed by atoms with Gasteiger partial charge in [-0.15, -0.1) is 5.10 Å². The molecule has 2 heterocycles. The molecule has 0 aliphatic carbocycles. The zero-order valence-electron chi connectivity index (χ0n) is 14.3. The molecule has 0 saturated heterocycles. The summed E-state index contributed by atoms with van der Waals surface area (Å²) in [6, 6.07) is 3.86. The van der Waals surface area contributed by atoms with Crippen molar-refractivity contribution in [3.05, 3.63) is 61.1 Å². The lowest BCUT2D eigenvalue weighted by molar-refractivity contribution is -0.386. The number of aryl methyl sites for hydroxylation is 3. The molecule has 1 aliphatic heterocycles. The second-order valence-electron chi connectivity index (χ2n) is 6.15. The van der Waals surface area contributed by atoms with Crippen LogP contribution in [0.25, 0.3) is 0 Å². The number of nitrogens with one attached hydrogen (secondary N) is 1. The Hall–Kier alpha value is -3.34. The lowest BCUT2D eigenvalue weighted by Crippen LogP contribution is -2.22. The fourth-order valence-corrected chi connectivity index (χ4v) is 3.60. The van der Waals surface area contributed by atoms with E-state index in [-0.39, 0.29) is 17.1 Å². The molecule has 0 spiro atoms. The van der Waals surface area contributed by atoms with Crippen LogP contribution in [0.5, 0.6) is 5.88 Å². The fraction of sp³-hybridized carbons (Fsp3) is 0.294. The maximum Gasteiger partial charge on any atom is 0.275 e. The molecular weight excluding hydrogens is 322 g/mol. The summed E-state index contributed by atoms with van der Waals surface area (Å²) >= 11 is 0. The number of aromatic nitrogens is 2. The van der Waals surface area contributed by atoms with E-state index in [1.54, 1.807) is 19.9 Å². The Balaban J connectivity index is 2.39. The first kappa shape index (κ1) is 16.5. The number of nitro groups is 1. The van der Waals surface area contributed by atoms with Gasteiger partial charge in [0, 0.05) is 22.4 Å². The first-order valence-electron chi connectivity index (χ1n) is 7.65. The summed E-state index contributed by atoms with van der Waals surface area (Å²) in [7, 11) is 0. The first-order chi connectivity index (χ1) is 11.8. The SMILES string of the molecule is Cc1cc(C)c([N+](=O)[O-])c(C)c1[C@@H]1C(C#N)=C(N)Oc2n[nH]c(C)c21. The molecule has 0 unspecified atom stereocenters. The molecule has 3 N–H and O–H groups in total. The number of nitrogens with two attached hydrogens (primary N) is 1. The minimum Gasteiger partial charge on any atom is -0.420 e. The topological polar surface area (TPSA) is 131 Å². The molecule has 3 rings (SSSR count). The van der Waals surface area contributed by atoms with Crippen LogP contribution < -0.4 is 10.5 Å². The Kier molecular flexibility index (Phi) is 3.72. The quantitative estimate of drug-likeness (QED) is 0.639. The maximum absolute atomic E-state index is 11.5. The van der Waals surface area contributed by atoms with Crippen molar-refractivity contribution in [2.24, 2.45) is 5.73 Å². The molecule has 0 bridgehead atoms. The Bertz CT molecular complexity index is 981. The van der Waals surface area contributed by atoms with Crippen LogP contribution in [-0.4, -0.2) is 15.1 Å². The van der Waals surface area contributed by atoms with Gasteiger partial charge in [0.1, 0.15) is 11.6 Å². The second-order valence-corrected chi connectivity index (χ2v) is 6.15. The van der Waals surface area contributed by atoms with Crippen molar-refractivity contribution in [3.63, 3.8) is 0 Å². The minimum atomic E-state index is -0.563. The van der Waals surface area contributed by atoms with E-state index >= 15 is 0 Å². The van der Waals surface area contributed by atoms with Crippen molar-refractivity contribution in [2.75, 3.05) is 0 Å². The van der Waals surface area contributed by atoms with E-state index in [1.807, 2.05) is 13.8 Å². The maximum atomic E-state index is 11.5. The van der Waals surface area contributed by atoms with Gasteiger partial charge in [0.05, 0.1) is 10.8 Å². The Morgan fingerprint density at radius 2 is 2.00 bits per heavy atom. The fourth-order valence-electron chi connectivity index (χ4n) is 3.60. The molecule has 8 nitrogen and oxygen atoms in total. The van der Waals surface area contributed by atoms with Gasteiger partial charge >= 0.3 is 0 Å². The van der Waals surface area contributed by atoms with Crippen LogP contribution in [-0.2, 0) is 0 Å². The van der Waals surface area contributed by atoms with Crippen molar-refractivity contribution in [1.82, 2.24) is 10.2 Å². The van der Waals surface area contributed by atoms with Crippen molar-refractivity contribution in [2.45, 2.75) is 33.6 Å². The summed E-state index contributed by atoms with van der Waals surface area (Å²) in [6.07, 6.45) is 0. The van der Waals surface area contributed by atoms with Crippen LogP contribution in [0.15, 0.2) is 17.5 Å². The van der Waals surface area contributed by atoms with Crippen LogP contribution >= 0.6 is 0 Å². The number of rotatable bonds is 2. The molecule has 2 aromatic rings. The predicted molar refractivity (Wildman–Crippen MR) is 89.9 cm³/mol. The number of aromatic amines is 1. The van der Waals surface area contributed by atoms with E-state index < -0.39 is 10.8 Å². The average molecular weight is 339 g/mol. The third-order valence-electron chi connectivity index (χ3n) is 4.59. The number of nitriles is 1. The second kappa shape index (κ2) is 5.63. The van der Waals surface area contributed by atoms with E-state index in [0.717, 1.165) is 11.3 Å². The van der Waals surface area contributed by atoms with E-state index in [9.17, 15) is 15.4 Å². The summed E-state index contributed by atoms with van der Waals surface area (Å²) in [5.41, 5.74) is 10.2. The van der Waals surface area contributed by atoms with Crippen LogP contribution in [0.1, 0.15) is 39.4 Å². The van der Waals surface area contributed by atoms with E-state index in [1.165, 1.54) is 0 Å². The molecule has 1 aromatic heterocycles. The average Bonchev–Trinajstić information content (AvgIpc) is 2.86. The van der Waals surface area contributed by atoms with E-state index in [2.05, 4.69) is 16.3 Å². The number of hydrogen-bond acceptors (Lipinski definition) is 6. The molecule has 1 aliphatic rings. The Labute approximate surface area is 144 Å². The molecule has 25 heavy (non-hydrogen) atoms. The molecule has 0 fully saturated rings. The normalized spacial score (nSPS) is 16.2. The van der Waals surface area contributed by atoms with Gasteiger partial charge in [0.25, 0.3) is 5.69 Å². The Morgan fingerprint density at radius 3 is 2.60 bits per heavy atom. The molecule has 8 heteroatoms. The summed E-state index contributed by atoms with van der Waals surface area (Å²) in [5, 5.41) is 28.1. The number of hydrogen-bond donors (Lipinski definition) is 2. The number of ether oxygens (including phenoxy) is 1. The molecule has 0 amide bonds. The molecule has 0 radical (unpaired) electrons. The van der Waals surface area contributed by atoms with Gasteiger partial charge in [-0.2, -0.15) is 5.26 Å². The molecule has 1 atom stereocenters. The van der Waals surface area contributed by atoms with Gasteiger partial charge in [-0.05, 0) is 44.9 Å².